The van der Waals surface area contributed by atoms with Crippen molar-refractivity contribution in [1.29, 1.82) is 0 Å². The second-order valence-electron chi connectivity index (χ2n) is 7.23. The van der Waals surface area contributed by atoms with Crippen LogP contribution in [0.3, 0.4) is 0 Å². The first-order valence-corrected chi connectivity index (χ1v) is 8.39. The fourth-order valence-corrected chi connectivity index (χ4v) is 2.66. The average molecular weight is 338 g/mol. The minimum atomic E-state index is -1.19. The summed E-state index contributed by atoms with van der Waals surface area (Å²) in [7, 11) is 0. The van der Waals surface area contributed by atoms with Gasteiger partial charge in [0, 0.05) is 12.4 Å². The maximum absolute atomic E-state index is 12.3. The van der Waals surface area contributed by atoms with Crippen LogP contribution in [0.25, 0.3) is 0 Å². The largest absolute Gasteiger partial charge is 0.550 e. The third kappa shape index (κ3) is 5.75. The molecule has 0 fully saturated rings. The molecule has 0 aliphatic carbocycles. The van der Waals surface area contributed by atoms with Crippen molar-refractivity contribution in [3.05, 3.63) is 71.3 Å². The smallest absolute Gasteiger partial charge is 0.224 e. The van der Waals surface area contributed by atoms with Gasteiger partial charge in [0.2, 0.25) is 5.91 Å². The van der Waals surface area contributed by atoms with Crippen molar-refractivity contribution < 1.29 is 14.7 Å². The molecular formula is C21H24NO3-. The van der Waals surface area contributed by atoms with Crippen LogP contribution in [-0.2, 0) is 21.4 Å². The van der Waals surface area contributed by atoms with E-state index in [2.05, 4.69) is 26.1 Å². The minimum Gasteiger partial charge on any atom is -0.550 e. The zero-order valence-corrected chi connectivity index (χ0v) is 14.9. The lowest BCUT2D eigenvalue weighted by Crippen LogP contribution is -2.35. The minimum absolute atomic E-state index is 0.0128. The monoisotopic (exact) mass is 338 g/mol. The van der Waals surface area contributed by atoms with Gasteiger partial charge in [-0.05, 0) is 22.1 Å². The van der Waals surface area contributed by atoms with E-state index in [1.807, 2.05) is 54.6 Å². The normalized spacial score (nSPS) is 12.4. The molecule has 25 heavy (non-hydrogen) atoms. The zero-order chi connectivity index (χ0) is 18.4. The molecule has 0 unspecified atom stereocenters. The highest BCUT2D eigenvalue weighted by Crippen LogP contribution is 2.25. The predicted molar refractivity (Wildman–Crippen MR) is 95.8 cm³/mol. The molecule has 0 saturated heterocycles. The highest BCUT2D eigenvalue weighted by Gasteiger charge is 2.18. The van der Waals surface area contributed by atoms with E-state index in [0.717, 1.165) is 16.7 Å². The Kier molecular flexibility index (Phi) is 5.97. The Hall–Kier alpha value is -2.62. The highest BCUT2D eigenvalue weighted by atomic mass is 16.4. The van der Waals surface area contributed by atoms with E-state index in [-0.39, 0.29) is 24.2 Å². The Morgan fingerprint density at radius 1 is 1.00 bits per heavy atom. The standard InChI is InChI=1S/C21H25NO3/c1-21(2,3)17-11-9-16(10-12-17)18(14-20(24)25)22-19(23)13-15-7-5-4-6-8-15/h4-12,18H,13-14H2,1-3H3,(H,22,23)(H,24,25)/p-1/t18-/m1/s1. The maximum Gasteiger partial charge on any atom is 0.224 e. The number of benzene rings is 2. The van der Waals surface area contributed by atoms with Gasteiger partial charge in [-0.1, -0.05) is 75.4 Å². The molecule has 1 amide bonds. The van der Waals surface area contributed by atoms with Gasteiger partial charge in [0.15, 0.2) is 0 Å². The summed E-state index contributed by atoms with van der Waals surface area (Å²) in [5.74, 6) is -1.40. The number of carbonyl (C=O) groups excluding carboxylic acids is 2. The molecule has 4 nitrogen and oxygen atoms in total. The first-order chi connectivity index (χ1) is 11.8. The molecule has 0 heterocycles. The van der Waals surface area contributed by atoms with Gasteiger partial charge in [-0.25, -0.2) is 0 Å². The lowest BCUT2D eigenvalue weighted by molar-refractivity contribution is -0.306. The molecule has 2 aromatic rings. The van der Waals surface area contributed by atoms with Crippen LogP contribution >= 0.6 is 0 Å². The Morgan fingerprint density at radius 3 is 2.12 bits per heavy atom. The molecule has 4 heteroatoms. The lowest BCUT2D eigenvalue weighted by atomic mass is 9.86. The van der Waals surface area contributed by atoms with Crippen LogP contribution in [0.2, 0.25) is 0 Å². The third-order valence-electron chi connectivity index (χ3n) is 4.09. The van der Waals surface area contributed by atoms with E-state index < -0.39 is 12.0 Å². The van der Waals surface area contributed by atoms with Gasteiger partial charge < -0.3 is 15.2 Å². The Balaban J connectivity index is 2.13. The second kappa shape index (κ2) is 7.97. The van der Waals surface area contributed by atoms with E-state index in [1.165, 1.54) is 0 Å². The molecule has 1 N–H and O–H groups in total. The SMILES string of the molecule is CC(C)(C)c1ccc([C@@H](CC(=O)[O-])NC(=O)Cc2ccccc2)cc1. The molecule has 0 radical (unpaired) electrons. The van der Waals surface area contributed by atoms with Crippen LogP contribution < -0.4 is 10.4 Å². The lowest BCUT2D eigenvalue weighted by Gasteiger charge is -2.23. The van der Waals surface area contributed by atoms with Crippen LogP contribution in [0.1, 0.15) is 49.9 Å². The van der Waals surface area contributed by atoms with E-state index in [9.17, 15) is 14.7 Å². The molecular weight excluding hydrogens is 314 g/mol. The molecule has 0 aromatic heterocycles. The van der Waals surface area contributed by atoms with Gasteiger partial charge in [-0.2, -0.15) is 0 Å². The van der Waals surface area contributed by atoms with Crippen molar-refractivity contribution in [2.24, 2.45) is 0 Å². The Bertz CT molecular complexity index is 715. The molecule has 2 rings (SSSR count). The number of nitrogens with one attached hydrogen (secondary N) is 1. The van der Waals surface area contributed by atoms with Crippen molar-refractivity contribution in [1.82, 2.24) is 5.32 Å². The zero-order valence-electron chi connectivity index (χ0n) is 14.9. The van der Waals surface area contributed by atoms with E-state index >= 15 is 0 Å². The average Bonchev–Trinajstić information content (AvgIpc) is 2.54. The van der Waals surface area contributed by atoms with Crippen LogP contribution in [-0.4, -0.2) is 11.9 Å². The molecule has 1 atom stereocenters. The summed E-state index contributed by atoms with van der Waals surface area (Å²) in [4.78, 5) is 23.4. The van der Waals surface area contributed by atoms with Gasteiger partial charge in [-0.3, -0.25) is 4.79 Å². The Labute approximate surface area is 148 Å². The summed E-state index contributed by atoms with van der Waals surface area (Å²) in [6.45, 7) is 6.34. The summed E-state index contributed by atoms with van der Waals surface area (Å²) in [5.41, 5.74) is 2.81. The molecule has 0 aliphatic rings. The molecule has 132 valence electrons. The van der Waals surface area contributed by atoms with E-state index in [0.29, 0.717) is 0 Å². The number of carbonyl (C=O) groups is 2. The summed E-state index contributed by atoms with van der Waals surface area (Å²) >= 11 is 0. The number of carboxylic acid groups (broad SMARTS) is 1. The molecule has 2 aromatic carbocycles. The number of aliphatic carboxylic acids is 1. The van der Waals surface area contributed by atoms with Gasteiger partial charge in [0.25, 0.3) is 0 Å². The first kappa shape index (κ1) is 18.7. The molecule has 0 bridgehead atoms. The van der Waals surface area contributed by atoms with Crippen LogP contribution in [0, 0.1) is 0 Å². The van der Waals surface area contributed by atoms with Crippen molar-refractivity contribution in [3.8, 4) is 0 Å². The quantitative estimate of drug-likeness (QED) is 0.880. The topological polar surface area (TPSA) is 69.2 Å². The molecule has 0 aliphatic heterocycles. The van der Waals surface area contributed by atoms with Crippen LogP contribution in [0.4, 0.5) is 0 Å². The molecule has 0 saturated carbocycles. The molecule has 0 spiro atoms. The fourth-order valence-electron chi connectivity index (χ4n) is 2.66. The highest BCUT2D eigenvalue weighted by molar-refractivity contribution is 5.79. The van der Waals surface area contributed by atoms with Crippen molar-refractivity contribution >= 4 is 11.9 Å². The van der Waals surface area contributed by atoms with Gasteiger partial charge in [-0.15, -0.1) is 0 Å². The van der Waals surface area contributed by atoms with Crippen molar-refractivity contribution in [3.63, 3.8) is 0 Å². The number of rotatable bonds is 6. The van der Waals surface area contributed by atoms with Crippen molar-refractivity contribution in [2.75, 3.05) is 0 Å². The van der Waals surface area contributed by atoms with Gasteiger partial charge >= 0.3 is 0 Å². The first-order valence-electron chi connectivity index (χ1n) is 8.39. The summed E-state index contributed by atoms with van der Waals surface area (Å²) in [6.07, 6.45) is -0.0418. The number of amides is 1. The van der Waals surface area contributed by atoms with E-state index in [4.69, 9.17) is 0 Å². The predicted octanol–water partition coefficient (Wildman–Crippen LogP) is 2.52. The third-order valence-corrected chi connectivity index (χ3v) is 4.09. The van der Waals surface area contributed by atoms with Crippen molar-refractivity contribution in [2.45, 2.75) is 45.1 Å². The Morgan fingerprint density at radius 2 is 1.60 bits per heavy atom. The number of carboxylic acids is 1. The van der Waals surface area contributed by atoms with Gasteiger partial charge in [0.1, 0.15) is 0 Å². The second-order valence-corrected chi connectivity index (χ2v) is 7.23. The fraction of sp³-hybridized carbons (Fsp3) is 0.333. The summed E-state index contributed by atoms with van der Waals surface area (Å²) in [5, 5.41) is 13.9. The number of hydrogen-bond donors (Lipinski definition) is 1. The maximum atomic E-state index is 12.3. The summed E-state index contributed by atoms with van der Waals surface area (Å²) < 4.78 is 0. The van der Waals surface area contributed by atoms with Crippen LogP contribution in [0.5, 0.6) is 0 Å². The number of hydrogen-bond acceptors (Lipinski definition) is 3. The van der Waals surface area contributed by atoms with Crippen LogP contribution in [0.15, 0.2) is 54.6 Å². The van der Waals surface area contributed by atoms with E-state index in [1.54, 1.807) is 0 Å². The summed E-state index contributed by atoms with van der Waals surface area (Å²) in [6, 6.07) is 16.4. The van der Waals surface area contributed by atoms with Gasteiger partial charge in [0.05, 0.1) is 12.5 Å².